The average molecular weight is 232 g/mol. The Labute approximate surface area is 85.9 Å². The molecular formula is C8H8O6S. The summed E-state index contributed by atoms with van der Waals surface area (Å²) in [4.78, 5) is 10.6. The van der Waals surface area contributed by atoms with E-state index in [0.29, 0.717) is 0 Å². The third-order valence-electron chi connectivity index (χ3n) is 1.67. The van der Waals surface area contributed by atoms with Crippen molar-refractivity contribution in [2.45, 2.75) is 4.90 Å². The Morgan fingerprint density at radius 1 is 1.40 bits per heavy atom. The van der Waals surface area contributed by atoms with Crippen LogP contribution in [0.5, 0.6) is 5.75 Å². The summed E-state index contributed by atoms with van der Waals surface area (Å²) in [5.41, 5.74) is -0.326. The van der Waals surface area contributed by atoms with Crippen LogP contribution in [0.4, 0.5) is 0 Å². The molecule has 1 aromatic carbocycles. The van der Waals surface area contributed by atoms with E-state index in [-0.39, 0.29) is 5.56 Å². The summed E-state index contributed by atoms with van der Waals surface area (Å²) >= 11 is 0. The zero-order valence-corrected chi connectivity index (χ0v) is 8.48. The molecule has 0 atom stereocenters. The number of hydrogen-bond acceptors (Lipinski definition) is 5. The summed E-state index contributed by atoms with van der Waals surface area (Å²) in [6, 6.07) is 2.78. The molecule has 0 aromatic heterocycles. The van der Waals surface area contributed by atoms with Gasteiger partial charge in [0.05, 0.1) is 12.0 Å². The summed E-state index contributed by atoms with van der Waals surface area (Å²) in [5, 5.41) is 9.22. The van der Waals surface area contributed by atoms with Gasteiger partial charge in [0.2, 0.25) is 0 Å². The summed E-state index contributed by atoms with van der Waals surface area (Å²) in [6.07, 6.45) is 0. The Morgan fingerprint density at radius 2 is 2.00 bits per heavy atom. The van der Waals surface area contributed by atoms with Gasteiger partial charge in [0.1, 0.15) is 11.3 Å². The van der Waals surface area contributed by atoms with Crippen LogP contribution in [0.15, 0.2) is 23.1 Å². The minimum absolute atomic E-state index is 0.326. The lowest BCUT2D eigenvalue weighted by atomic mass is 10.2. The monoisotopic (exact) mass is 232 g/mol. The van der Waals surface area contributed by atoms with Gasteiger partial charge < -0.3 is 9.84 Å². The maximum absolute atomic E-state index is 11.1. The quantitative estimate of drug-likeness (QED) is 0.566. The maximum Gasteiger partial charge on any atom is 0.341 e. The molecule has 1 aromatic rings. The van der Waals surface area contributed by atoms with Crippen molar-refractivity contribution in [1.29, 1.82) is 0 Å². The van der Waals surface area contributed by atoms with Gasteiger partial charge >= 0.3 is 5.97 Å². The first-order valence-corrected chi connectivity index (χ1v) is 5.19. The van der Waals surface area contributed by atoms with Crippen molar-refractivity contribution in [3.63, 3.8) is 0 Å². The van der Waals surface area contributed by atoms with E-state index < -0.39 is 26.7 Å². The lowest BCUT2D eigenvalue weighted by Gasteiger charge is -2.03. The van der Waals surface area contributed by atoms with E-state index in [1.54, 1.807) is 0 Å². The van der Waals surface area contributed by atoms with Crippen LogP contribution < -0.4 is 0 Å². The van der Waals surface area contributed by atoms with E-state index in [1.165, 1.54) is 0 Å². The topological polar surface area (TPSA) is 101 Å². The molecule has 0 spiro atoms. The molecule has 0 fully saturated rings. The predicted molar refractivity (Wildman–Crippen MR) is 49.3 cm³/mol. The highest BCUT2D eigenvalue weighted by Crippen LogP contribution is 2.21. The number of benzene rings is 1. The second-order valence-electron chi connectivity index (χ2n) is 2.65. The predicted octanol–water partition coefficient (Wildman–Crippen LogP) is 0.426. The van der Waals surface area contributed by atoms with Gasteiger partial charge in [-0.15, -0.1) is 0 Å². The molecule has 0 radical (unpaired) electrons. The van der Waals surface area contributed by atoms with Gasteiger partial charge in [-0.1, -0.05) is 0 Å². The van der Waals surface area contributed by atoms with Crippen molar-refractivity contribution < 1.29 is 27.6 Å². The van der Waals surface area contributed by atoms with E-state index in [9.17, 15) is 18.3 Å². The van der Waals surface area contributed by atoms with Gasteiger partial charge in [0.25, 0.3) is 10.1 Å². The standard InChI is InChI=1S/C8H8O6S/c1-14-8(10)6-4-5(15(11,12)13)2-3-7(6)9/h2-4,9H,1H3,(H,11,12,13). The molecule has 82 valence electrons. The van der Waals surface area contributed by atoms with Crippen LogP contribution in [0.1, 0.15) is 10.4 Å². The molecule has 0 saturated heterocycles. The van der Waals surface area contributed by atoms with Gasteiger partial charge in [-0.05, 0) is 18.2 Å². The van der Waals surface area contributed by atoms with Gasteiger partial charge in [0, 0.05) is 0 Å². The SMILES string of the molecule is COC(=O)c1cc(S(=O)(=O)O)ccc1O. The zero-order valence-electron chi connectivity index (χ0n) is 7.67. The van der Waals surface area contributed by atoms with Crippen LogP contribution in [0.3, 0.4) is 0 Å². The van der Waals surface area contributed by atoms with Crippen molar-refractivity contribution >= 4 is 16.1 Å². The molecule has 0 aliphatic rings. The molecule has 0 aliphatic heterocycles. The molecule has 7 heteroatoms. The third-order valence-corrected chi connectivity index (χ3v) is 2.52. The van der Waals surface area contributed by atoms with E-state index in [2.05, 4.69) is 4.74 Å². The second-order valence-corrected chi connectivity index (χ2v) is 4.07. The molecule has 1 rings (SSSR count). The van der Waals surface area contributed by atoms with Crippen molar-refractivity contribution in [3.05, 3.63) is 23.8 Å². The van der Waals surface area contributed by atoms with Crippen molar-refractivity contribution in [3.8, 4) is 5.75 Å². The van der Waals surface area contributed by atoms with Gasteiger partial charge in [-0.3, -0.25) is 4.55 Å². The first-order chi connectivity index (χ1) is 6.86. The molecule has 0 saturated carbocycles. The van der Waals surface area contributed by atoms with Crippen molar-refractivity contribution in [2.75, 3.05) is 7.11 Å². The number of phenolic OH excluding ortho intramolecular Hbond substituents is 1. The van der Waals surface area contributed by atoms with Crippen LogP contribution >= 0.6 is 0 Å². The summed E-state index contributed by atoms with van der Waals surface area (Å²) in [6.45, 7) is 0. The fourth-order valence-electron chi connectivity index (χ4n) is 0.949. The normalized spacial score (nSPS) is 11.1. The lowest BCUT2D eigenvalue weighted by molar-refractivity contribution is 0.0597. The Hall–Kier alpha value is -1.60. The van der Waals surface area contributed by atoms with Crippen LogP contribution in [0.2, 0.25) is 0 Å². The van der Waals surface area contributed by atoms with E-state index >= 15 is 0 Å². The van der Waals surface area contributed by atoms with Crippen LogP contribution in [0, 0.1) is 0 Å². The highest BCUT2D eigenvalue weighted by atomic mass is 32.2. The summed E-state index contributed by atoms with van der Waals surface area (Å²) < 4.78 is 34.5. The number of esters is 1. The highest BCUT2D eigenvalue weighted by molar-refractivity contribution is 7.85. The number of carbonyl (C=O) groups is 1. The summed E-state index contributed by atoms with van der Waals surface area (Å²) in [7, 11) is -3.32. The molecular weight excluding hydrogens is 224 g/mol. The fraction of sp³-hybridized carbons (Fsp3) is 0.125. The molecule has 0 heterocycles. The Morgan fingerprint density at radius 3 is 2.47 bits per heavy atom. The zero-order chi connectivity index (χ0) is 11.6. The number of hydrogen-bond donors (Lipinski definition) is 2. The van der Waals surface area contributed by atoms with Gasteiger partial charge in [0.15, 0.2) is 0 Å². The highest BCUT2D eigenvalue weighted by Gasteiger charge is 2.17. The minimum Gasteiger partial charge on any atom is -0.507 e. The Kier molecular flexibility index (Phi) is 2.96. The average Bonchev–Trinajstić information content (AvgIpc) is 2.15. The molecule has 6 nitrogen and oxygen atoms in total. The van der Waals surface area contributed by atoms with Crippen molar-refractivity contribution in [1.82, 2.24) is 0 Å². The Balaban J connectivity index is 3.36. The number of ether oxygens (including phenoxy) is 1. The molecule has 0 unspecified atom stereocenters. The number of methoxy groups -OCH3 is 1. The van der Waals surface area contributed by atoms with E-state index in [4.69, 9.17) is 4.55 Å². The molecule has 0 bridgehead atoms. The molecule has 15 heavy (non-hydrogen) atoms. The number of rotatable bonds is 2. The Bertz CT molecular complexity index is 490. The maximum atomic E-state index is 11.1. The van der Waals surface area contributed by atoms with Gasteiger partial charge in [-0.2, -0.15) is 8.42 Å². The number of aromatic hydroxyl groups is 1. The summed E-state index contributed by atoms with van der Waals surface area (Å²) in [5.74, 6) is -1.31. The molecule has 0 amide bonds. The van der Waals surface area contributed by atoms with Crippen molar-refractivity contribution in [2.24, 2.45) is 0 Å². The number of phenols is 1. The lowest BCUT2D eigenvalue weighted by Crippen LogP contribution is -2.05. The smallest absolute Gasteiger partial charge is 0.341 e. The van der Waals surface area contributed by atoms with Crippen LogP contribution in [-0.4, -0.2) is 31.2 Å². The van der Waals surface area contributed by atoms with E-state index in [0.717, 1.165) is 25.3 Å². The van der Waals surface area contributed by atoms with E-state index in [1.807, 2.05) is 0 Å². The van der Waals surface area contributed by atoms with Crippen LogP contribution in [-0.2, 0) is 14.9 Å². The number of carbonyl (C=O) groups excluding carboxylic acids is 1. The molecule has 0 aliphatic carbocycles. The fourth-order valence-corrected chi connectivity index (χ4v) is 1.46. The first-order valence-electron chi connectivity index (χ1n) is 3.75. The minimum atomic E-state index is -4.40. The molecule has 2 N–H and O–H groups in total. The second kappa shape index (κ2) is 3.87. The van der Waals surface area contributed by atoms with Gasteiger partial charge in [-0.25, -0.2) is 4.79 Å². The largest absolute Gasteiger partial charge is 0.507 e. The third kappa shape index (κ3) is 2.45. The first kappa shape index (κ1) is 11.5. The van der Waals surface area contributed by atoms with Crippen LogP contribution in [0.25, 0.3) is 0 Å².